The normalized spacial score (nSPS) is 14.3. The van der Waals surface area contributed by atoms with E-state index in [2.05, 4.69) is 20.8 Å². The van der Waals surface area contributed by atoms with Crippen LogP contribution in [-0.2, 0) is 21.4 Å². The molecular weight excluding hydrogens is 530 g/mol. The van der Waals surface area contributed by atoms with Gasteiger partial charge in [-0.25, -0.2) is 8.42 Å². The molecule has 0 aromatic heterocycles. The van der Waals surface area contributed by atoms with E-state index in [1.807, 2.05) is 54.6 Å². The maximum Gasteiger partial charge on any atom is 0.243 e. The molecule has 9 heteroatoms. The number of piperazine rings is 1. The second-order valence-electron chi connectivity index (χ2n) is 8.28. The predicted molar refractivity (Wildman–Crippen MR) is 140 cm³/mol. The molecule has 35 heavy (non-hydrogen) atoms. The molecule has 1 saturated heterocycles. The largest absolute Gasteiger partial charge is 0.497 e. The molecule has 1 heterocycles. The molecule has 0 N–H and O–H groups in total. The van der Waals surface area contributed by atoms with E-state index in [0.29, 0.717) is 26.2 Å². The van der Waals surface area contributed by atoms with Crippen molar-refractivity contribution in [1.82, 2.24) is 9.21 Å². The lowest BCUT2D eigenvalue weighted by atomic mass is 10.2. The third-order valence-electron chi connectivity index (χ3n) is 6.03. The van der Waals surface area contributed by atoms with Gasteiger partial charge in [0, 0.05) is 42.9 Å². The van der Waals surface area contributed by atoms with E-state index in [4.69, 9.17) is 4.74 Å². The van der Waals surface area contributed by atoms with E-state index in [1.54, 1.807) is 36.3 Å². The van der Waals surface area contributed by atoms with Gasteiger partial charge in [-0.05, 0) is 54.1 Å². The number of nitrogens with zero attached hydrogens (tertiary/aromatic N) is 3. The van der Waals surface area contributed by atoms with Crippen LogP contribution in [0.1, 0.15) is 5.56 Å². The smallest absolute Gasteiger partial charge is 0.243 e. The zero-order valence-electron chi connectivity index (χ0n) is 19.5. The first-order valence-electron chi connectivity index (χ1n) is 11.3. The molecule has 0 aliphatic carbocycles. The highest BCUT2D eigenvalue weighted by atomic mass is 79.9. The van der Waals surface area contributed by atoms with Gasteiger partial charge >= 0.3 is 0 Å². The molecular formula is C26H28BrN3O4S. The number of carbonyl (C=O) groups excluding carboxylic acids is 1. The predicted octanol–water partition coefficient (Wildman–Crippen LogP) is 4.00. The van der Waals surface area contributed by atoms with Crippen LogP contribution in [0.2, 0.25) is 0 Å². The standard InChI is InChI=1S/C26H28BrN3O4S/c1-34-24-11-9-23(10-12-24)28-15-17-29(18-16-28)26(31)20-30(19-21-5-3-2-4-6-21)35(32,33)25-13-7-22(27)8-14-25/h2-14H,15-20H2,1H3. The van der Waals surface area contributed by atoms with Gasteiger partial charge in [-0.3, -0.25) is 4.79 Å². The highest BCUT2D eigenvalue weighted by Crippen LogP contribution is 2.23. The molecule has 4 rings (SSSR count). The fourth-order valence-corrected chi connectivity index (χ4v) is 5.67. The first-order chi connectivity index (χ1) is 16.9. The van der Waals surface area contributed by atoms with E-state index < -0.39 is 10.0 Å². The van der Waals surface area contributed by atoms with E-state index in [9.17, 15) is 13.2 Å². The highest BCUT2D eigenvalue weighted by Gasteiger charge is 2.30. The number of halogens is 1. The number of carbonyl (C=O) groups is 1. The molecule has 1 aliphatic rings. The van der Waals surface area contributed by atoms with Crippen LogP contribution in [0.3, 0.4) is 0 Å². The molecule has 0 saturated carbocycles. The van der Waals surface area contributed by atoms with Crippen LogP contribution in [0, 0.1) is 0 Å². The van der Waals surface area contributed by atoms with Gasteiger partial charge in [0.05, 0.1) is 18.6 Å². The van der Waals surface area contributed by atoms with Crippen molar-refractivity contribution in [2.24, 2.45) is 0 Å². The monoisotopic (exact) mass is 557 g/mol. The Morgan fingerprint density at radius 3 is 2.14 bits per heavy atom. The SMILES string of the molecule is COc1ccc(N2CCN(C(=O)CN(Cc3ccccc3)S(=O)(=O)c3ccc(Br)cc3)CC2)cc1. The number of rotatable bonds is 8. The van der Waals surface area contributed by atoms with E-state index >= 15 is 0 Å². The molecule has 7 nitrogen and oxygen atoms in total. The molecule has 0 unspecified atom stereocenters. The van der Waals surface area contributed by atoms with Crippen molar-refractivity contribution in [2.75, 3.05) is 44.7 Å². The molecule has 3 aromatic rings. The van der Waals surface area contributed by atoms with Gasteiger partial charge in [0.2, 0.25) is 15.9 Å². The van der Waals surface area contributed by atoms with Gasteiger partial charge in [0.1, 0.15) is 5.75 Å². The quantitative estimate of drug-likeness (QED) is 0.418. The lowest BCUT2D eigenvalue weighted by Crippen LogP contribution is -2.51. The number of hydrogen-bond donors (Lipinski definition) is 0. The minimum atomic E-state index is -3.87. The highest BCUT2D eigenvalue weighted by molar-refractivity contribution is 9.10. The average molecular weight is 558 g/mol. The Labute approximate surface area is 215 Å². The van der Waals surface area contributed by atoms with Gasteiger partial charge in [0.15, 0.2) is 0 Å². The number of sulfonamides is 1. The summed E-state index contributed by atoms with van der Waals surface area (Å²) in [5, 5.41) is 0. The van der Waals surface area contributed by atoms with Crippen LogP contribution in [0.5, 0.6) is 5.75 Å². The van der Waals surface area contributed by atoms with Gasteiger partial charge in [-0.2, -0.15) is 4.31 Å². The van der Waals surface area contributed by atoms with Crippen LogP contribution < -0.4 is 9.64 Å². The van der Waals surface area contributed by atoms with Crippen LogP contribution in [-0.4, -0.2) is 63.4 Å². The summed E-state index contributed by atoms with van der Waals surface area (Å²) in [4.78, 5) is 17.4. The van der Waals surface area contributed by atoms with Gasteiger partial charge in [-0.1, -0.05) is 46.3 Å². The fourth-order valence-electron chi connectivity index (χ4n) is 4.03. The number of ether oxygens (including phenoxy) is 1. The Morgan fingerprint density at radius 1 is 0.914 bits per heavy atom. The second-order valence-corrected chi connectivity index (χ2v) is 11.1. The van der Waals surface area contributed by atoms with Crippen molar-refractivity contribution in [1.29, 1.82) is 0 Å². The number of anilines is 1. The van der Waals surface area contributed by atoms with Gasteiger partial charge in [-0.15, -0.1) is 0 Å². The Balaban J connectivity index is 1.46. The minimum Gasteiger partial charge on any atom is -0.497 e. The zero-order chi connectivity index (χ0) is 24.8. The van der Waals surface area contributed by atoms with Crippen LogP contribution in [0.15, 0.2) is 88.2 Å². The summed E-state index contributed by atoms with van der Waals surface area (Å²) in [7, 11) is -2.23. The Hall–Kier alpha value is -2.88. The van der Waals surface area contributed by atoms with E-state index in [1.165, 1.54) is 4.31 Å². The summed E-state index contributed by atoms with van der Waals surface area (Å²) in [6.07, 6.45) is 0. The van der Waals surface area contributed by atoms with Crippen LogP contribution in [0.4, 0.5) is 5.69 Å². The molecule has 0 radical (unpaired) electrons. The lowest BCUT2D eigenvalue weighted by molar-refractivity contribution is -0.131. The zero-order valence-corrected chi connectivity index (χ0v) is 21.9. The van der Waals surface area contributed by atoms with Gasteiger partial charge in [0.25, 0.3) is 0 Å². The van der Waals surface area contributed by atoms with Crippen molar-refractivity contribution >= 4 is 37.5 Å². The summed E-state index contributed by atoms with van der Waals surface area (Å²) in [6, 6.07) is 23.6. The number of methoxy groups -OCH3 is 1. The minimum absolute atomic E-state index is 0.122. The maximum absolute atomic E-state index is 13.5. The molecule has 1 amide bonds. The van der Waals surface area contributed by atoms with E-state index in [0.717, 1.165) is 21.5 Å². The van der Waals surface area contributed by atoms with Crippen molar-refractivity contribution < 1.29 is 17.9 Å². The fraction of sp³-hybridized carbons (Fsp3) is 0.269. The molecule has 1 fully saturated rings. The first kappa shape index (κ1) is 25.2. The van der Waals surface area contributed by atoms with Crippen molar-refractivity contribution in [2.45, 2.75) is 11.4 Å². The summed E-state index contributed by atoms with van der Waals surface area (Å²) < 4.78 is 34.2. The Bertz CT molecular complexity index is 1230. The number of benzene rings is 3. The van der Waals surface area contributed by atoms with Crippen LogP contribution >= 0.6 is 15.9 Å². The lowest BCUT2D eigenvalue weighted by Gasteiger charge is -2.37. The summed E-state index contributed by atoms with van der Waals surface area (Å²) in [5.41, 5.74) is 1.90. The Morgan fingerprint density at radius 2 is 1.54 bits per heavy atom. The van der Waals surface area contributed by atoms with Gasteiger partial charge < -0.3 is 14.5 Å². The molecule has 184 valence electrons. The van der Waals surface area contributed by atoms with Crippen LogP contribution in [0.25, 0.3) is 0 Å². The number of hydrogen-bond acceptors (Lipinski definition) is 5. The number of amides is 1. The average Bonchev–Trinajstić information content (AvgIpc) is 2.89. The summed E-state index contributed by atoms with van der Waals surface area (Å²) in [6.45, 7) is 2.32. The second kappa shape index (κ2) is 11.2. The molecule has 0 bridgehead atoms. The maximum atomic E-state index is 13.5. The summed E-state index contributed by atoms with van der Waals surface area (Å²) >= 11 is 3.34. The van der Waals surface area contributed by atoms with E-state index in [-0.39, 0.29) is 23.9 Å². The topological polar surface area (TPSA) is 70.2 Å². The van der Waals surface area contributed by atoms with Crippen molar-refractivity contribution in [3.63, 3.8) is 0 Å². The molecule has 0 spiro atoms. The molecule has 1 aliphatic heterocycles. The third-order valence-corrected chi connectivity index (χ3v) is 8.37. The summed E-state index contributed by atoms with van der Waals surface area (Å²) in [5.74, 6) is 0.601. The first-order valence-corrected chi connectivity index (χ1v) is 13.6. The van der Waals surface area contributed by atoms with Crippen molar-refractivity contribution in [3.05, 3.63) is 88.9 Å². The third kappa shape index (κ3) is 6.22. The Kier molecular flexibility index (Phi) is 8.10. The molecule has 3 aromatic carbocycles. The van der Waals surface area contributed by atoms with Crippen molar-refractivity contribution in [3.8, 4) is 5.75 Å². The molecule has 0 atom stereocenters.